The second kappa shape index (κ2) is 5.70. The zero-order valence-electron chi connectivity index (χ0n) is 11.0. The number of aromatic nitrogens is 1. The summed E-state index contributed by atoms with van der Waals surface area (Å²) in [6, 6.07) is 14.7. The van der Waals surface area contributed by atoms with Crippen molar-refractivity contribution in [2.24, 2.45) is 0 Å². The molecule has 0 unspecified atom stereocenters. The van der Waals surface area contributed by atoms with Crippen molar-refractivity contribution in [3.05, 3.63) is 59.9 Å². The van der Waals surface area contributed by atoms with Crippen LogP contribution in [0.5, 0.6) is 0 Å². The second-order valence-corrected chi connectivity index (χ2v) is 4.87. The van der Waals surface area contributed by atoms with Crippen LogP contribution in [0, 0.1) is 0 Å². The number of benzene rings is 1. The van der Waals surface area contributed by atoms with Gasteiger partial charge in [-0.15, -0.1) is 0 Å². The summed E-state index contributed by atoms with van der Waals surface area (Å²) in [7, 11) is 0. The van der Waals surface area contributed by atoms with E-state index in [1.807, 2.05) is 30.5 Å². The molecule has 0 atom stereocenters. The molecule has 0 bridgehead atoms. The molecular weight excluding hydrogens is 232 g/mol. The van der Waals surface area contributed by atoms with Crippen LogP contribution in [0.1, 0.15) is 24.1 Å². The summed E-state index contributed by atoms with van der Waals surface area (Å²) < 4.78 is 0. The zero-order chi connectivity index (χ0) is 12.9. The van der Waals surface area contributed by atoms with Gasteiger partial charge in [0.15, 0.2) is 0 Å². The molecule has 0 saturated carbocycles. The van der Waals surface area contributed by atoms with E-state index in [4.69, 9.17) is 0 Å². The Balaban J connectivity index is 1.70. The Morgan fingerprint density at radius 1 is 0.895 bits per heavy atom. The summed E-state index contributed by atoms with van der Waals surface area (Å²) in [5.41, 5.74) is 3.55. The molecule has 0 aliphatic carbocycles. The Kier molecular flexibility index (Phi) is 3.59. The molecule has 1 saturated heterocycles. The molecule has 0 N–H and O–H groups in total. The summed E-state index contributed by atoms with van der Waals surface area (Å²) in [4.78, 5) is 6.73. The van der Waals surface area contributed by atoms with Crippen molar-refractivity contribution in [3.8, 4) is 0 Å². The highest BCUT2D eigenvalue weighted by Crippen LogP contribution is 2.21. The van der Waals surface area contributed by atoms with Gasteiger partial charge in [-0.05, 0) is 48.7 Å². The molecule has 96 valence electrons. The summed E-state index contributed by atoms with van der Waals surface area (Å²) in [5.74, 6) is 0. The predicted octanol–water partition coefficient (Wildman–Crippen LogP) is 3.85. The molecule has 1 aromatic heterocycles. The van der Waals surface area contributed by atoms with E-state index in [1.165, 1.54) is 37.2 Å². The van der Waals surface area contributed by atoms with Gasteiger partial charge >= 0.3 is 0 Å². The van der Waals surface area contributed by atoms with Gasteiger partial charge in [0.05, 0.1) is 5.69 Å². The maximum absolute atomic E-state index is 4.28. The van der Waals surface area contributed by atoms with E-state index >= 15 is 0 Å². The lowest BCUT2D eigenvalue weighted by Gasteiger charge is -2.17. The molecular formula is C17H18N2. The molecule has 3 rings (SSSR count). The molecule has 1 aliphatic rings. The van der Waals surface area contributed by atoms with Crippen LogP contribution in [0.3, 0.4) is 0 Å². The first-order valence-electron chi connectivity index (χ1n) is 6.86. The molecule has 1 fully saturated rings. The normalized spacial score (nSPS) is 15.3. The first-order chi connectivity index (χ1) is 9.42. The van der Waals surface area contributed by atoms with E-state index in [-0.39, 0.29) is 0 Å². The Morgan fingerprint density at radius 2 is 1.68 bits per heavy atom. The first kappa shape index (κ1) is 12.0. The van der Waals surface area contributed by atoms with Crippen LogP contribution in [0.25, 0.3) is 12.2 Å². The molecule has 0 radical (unpaired) electrons. The summed E-state index contributed by atoms with van der Waals surface area (Å²) in [6.07, 6.45) is 8.61. The fraction of sp³-hybridized carbons (Fsp3) is 0.235. The fourth-order valence-electron chi connectivity index (χ4n) is 2.43. The smallest absolute Gasteiger partial charge is 0.0629 e. The van der Waals surface area contributed by atoms with Crippen LogP contribution in [0.2, 0.25) is 0 Å². The average molecular weight is 250 g/mol. The largest absolute Gasteiger partial charge is 0.372 e. The Morgan fingerprint density at radius 3 is 2.37 bits per heavy atom. The van der Waals surface area contributed by atoms with E-state index in [0.717, 1.165) is 5.69 Å². The third-order valence-electron chi connectivity index (χ3n) is 3.50. The van der Waals surface area contributed by atoms with Crippen LogP contribution in [-0.4, -0.2) is 18.1 Å². The highest BCUT2D eigenvalue weighted by atomic mass is 15.1. The number of hydrogen-bond donors (Lipinski definition) is 0. The number of pyridine rings is 1. The van der Waals surface area contributed by atoms with Crippen molar-refractivity contribution in [1.82, 2.24) is 4.98 Å². The maximum Gasteiger partial charge on any atom is 0.0629 e. The van der Waals surface area contributed by atoms with Gasteiger partial charge < -0.3 is 4.90 Å². The van der Waals surface area contributed by atoms with Gasteiger partial charge in [-0.3, -0.25) is 4.98 Å². The van der Waals surface area contributed by atoms with Crippen molar-refractivity contribution < 1.29 is 0 Å². The summed E-state index contributed by atoms with van der Waals surface area (Å²) in [6.45, 7) is 2.40. The molecule has 19 heavy (non-hydrogen) atoms. The van der Waals surface area contributed by atoms with Crippen molar-refractivity contribution in [2.45, 2.75) is 12.8 Å². The average Bonchev–Trinajstić information content (AvgIpc) is 3.01. The van der Waals surface area contributed by atoms with Crippen LogP contribution >= 0.6 is 0 Å². The summed E-state index contributed by atoms with van der Waals surface area (Å²) >= 11 is 0. The SMILES string of the molecule is C(=C\c1ccccn1)/c1ccc(N2CCCC2)cc1. The van der Waals surface area contributed by atoms with Gasteiger partial charge in [0.1, 0.15) is 0 Å². The van der Waals surface area contributed by atoms with Crippen LogP contribution < -0.4 is 4.90 Å². The topological polar surface area (TPSA) is 16.1 Å². The van der Waals surface area contributed by atoms with Crippen LogP contribution in [0.15, 0.2) is 48.7 Å². The lowest BCUT2D eigenvalue weighted by atomic mass is 10.1. The summed E-state index contributed by atoms with van der Waals surface area (Å²) in [5, 5.41) is 0. The van der Waals surface area contributed by atoms with Gasteiger partial charge in [0.25, 0.3) is 0 Å². The second-order valence-electron chi connectivity index (χ2n) is 4.87. The zero-order valence-corrected chi connectivity index (χ0v) is 11.0. The van der Waals surface area contributed by atoms with Gasteiger partial charge in [0.2, 0.25) is 0 Å². The van der Waals surface area contributed by atoms with E-state index in [0.29, 0.717) is 0 Å². The molecule has 2 heterocycles. The van der Waals surface area contributed by atoms with E-state index < -0.39 is 0 Å². The van der Waals surface area contributed by atoms with E-state index in [1.54, 1.807) is 0 Å². The minimum Gasteiger partial charge on any atom is -0.372 e. The number of hydrogen-bond acceptors (Lipinski definition) is 2. The Labute approximate surface area is 114 Å². The number of rotatable bonds is 3. The molecule has 1 aromatic carbocycles. The lowest BCUT2D eigenvalue weighted by Crippen LogP contribution is -2.17. The maximum atomic E-state index is 4.28. The minimum absolute atomic E-state index is 0.992. The molecule has 2 heteroatoms. The fourth-order valence-corrected chi connectivity index (χ4v) is 2.43. The van der Waals surface area contributed by atoms with Crippen LogP contribution in [-0.2, 0) is 0 Å². The van der Waals surface area contributed by atoms with Gasteiger partial charge in [-0.25, -0.2) is 0 Å². The highest BCUT2D eigenvalue weighted by Gasteiger charge is 2.11. The van der Waals surface area contributed by atoms with Crippen molar-refractivity contribution >= 4 is 17.8 Å². The van der Waals surface area contributed by atoms with Gasteiger partial charge in [-0.1, -0.05) is 24.3 Å². The molecule has 1 aliphatic heterocycles. The van der Waals surface area contributed by atoms with Crippen molar-refractivity contribution in [2.75, 3.05) is 18.0 Å². The Hall–Kier alpha value is -2.09. The third kappa shape index (κ3) is 3.02. The van der Waals surface area contributed by atoms with E-state index in [2.05, 4.69) is 40.2 Å². The minimum atomic E-state index is 0.992. The van der Waals surface area contributed by atoms with Gasteiger partial charge in [0, 0.05) is 25.0 Å². The highest BCUT2D eigenvalue weighted by molar-refractivity contribution is 5.69. The molecule has 0 amide bonds. The number of nitrogens with zero attached hydrogens (tertiary/aromatic N) is 2. The number of anilines is 1. The molecule has 2 nitrogen and oxygen atoms in total. The van der Waals surface area contributed by atoms with Crippen LogP contribution in [0.4, 0.5) is 5.69 Å². The monoisotopic (exact) mass is 250 g/mol. The standard InChI is InChI=1S/C17H18N2/c1-2-12-18-16(5-1)9-6-15-7-10-17(11-8-15)19-13-3-4-14-19/h1-2,5-12H,3-4,13-14H2/b9-6+. The molecule has 2 aromatic rings. The molecule has 0 spiro atoms. The first-order valence-corrected chi connectivity index (χ1v) is 6.86. The third-order valence-corrected chi connectivity index (χ3v) is 3.50. The van der Waals surface area contributed by atoms with E-state index in [9.17, 15) is 0 Å². The lowest BCUT2D eigenvalue weighted by molar-refractivity contribution is 0.949. The predicted molar refractivity (Wildman–Crippen MR) is 81.1 cm³/mol. The van der Waals surface area contributed by atoms with Gasteiger partial charge in [-0.2, -0.15) is 0 Å². The van der Waals surface area contributed by atoms with Crippen molar-refractivity contribution in [1.29, 1.82) is 0 Å². The van der Waals surface area contributed by atoms with Crippen molar-refractivity contribution in [3.63, 3.8) is 0 Å². The quantitative estimate of drug-likeness (QED) is 0.822. The Bertz CT molecular complexity index is 537.